The molecule has 1 amide bonds. The molecule has 1 aliphatic rings. The minimum Gasteiger partial charge on any atom is -0.476 e. The van der Waals surface area contributed by atoms with E-state index in [0.717, 1.165) is 30.5 Å². The van der Waals surface area contributed by atoms with Crippen molar-refractivity contribution in [3.63, 3.8) is 0 Å². The van der Waals surface area contributed by atoms with Crippen molar-refractivity contribution in [2.75, 3.05) is 25.1 Å². The summed E-state index contributed by atoms with van der Waals surface area (Å²) in [4.78, 5) is 16.2. The number of anilines is 1. The molecule has 3 aromatic rings. The van der Waals surface area contributed by atoms with Crippen LogP contribution in [0.3, 0.4) is 0 Å². The Kier molecular flexibility index (Phi) is 4.30. The van der Waals surface area contributed by atoms with Crippen LogP contribution >= 0.6 is 0 Å². The number of aromatic amines is 1. The number of carbonyl (C=O) groups excluding carboxylic acids is 1. The molecule has 1 aliphatic heterocycles. The van der Waals surface area contributed by atoms with Crippen molar-refractivity contribution in [1.82, 2.24) is 15.2 Å². The van der Waals surface area contributed by atoms with Crippen LogP contribution < -0.4 is 10.1 Å². The molecule has 1 aromatic carbocycles. The molecule has 7 nitrogen and oxygen atoms in total. The fraction of sp³-hybridized carbons (Fsp3) is 0.278. The number of carbonyl (C=O) groups is 1. The predicted octanol–water partition coefficient (Wildman–Crippen LogP) is 2.63. The Morgan fingerprint density at radius 2 is 2.32 bits per heavy atom. The number of nitrogens with zero attached hydrogens (tertiary/aromatic N) is 2. The first-order valence-corrected chi connectivity index (χ1v) is 8.20. The number of aromatic nitrogens is 3. The van der Waals surface area contributed by atoms with E-state index in [-0.39, 0.29) is 5.91 Å². The van der Waals surface area contributed by atoms with Gasteiger partial charge in [-0.05, 0) is 36.8 Å². The van der Waals surface area contributed by atoms with E-state index < -0.39 is 0 Å². The zero-order valence-electron chi connectivity index (χ0n) is 13.6. The summed E-state index contributed by atoms with van der Waals surface area (Å²) in [5, 5.41) is 10.9. The lowest BCUT2D eigenvalue weighted by Crippen LogP contribution is -2.13. The third kappa shape index (κ3) is 3.46. The monoisotopic (exact) mass is 338 g/mol. The van der Waals surface area contributed by atoms with E-state index in [2.05, 4.69) is 20.5 Å². The van der Waals surface area contributed by atoms with Gasteiger partial charge in [-0.15, -0.1) is 5.10 Å². The molecule has 0 unspecified atom stereocenters. The van der Waals surface area contributed by atoms with Gasteiger partial charge in [-0.2, -0.15) is 0 Å². The van der Waals surface area contributed by atoms with Gasteiger partial charge in [-0.1, -0.05) is 6.07 Å². The Morgan fingerprint density at radius 3 is 3.12 bits per heavy atom. The molecule has 3 heterocycles. The Labute approximate surface area is 144 Å². The van der Waals surface area contributed by atoms with Crippen molar-refractivity contribution in [2.24, 2.45) is 5.92 Å². The molecular formula is C18H18N4O3. The van der Waals surface area contributed by atoms with Crippen molar-refractivity contribution in [2.45, 2.75) is 6.42 Å². The van der Waals surface area contributed by atoms with Gasteiger partial charge in [0.2, 0.25) is 5.88 Å². The topological polar surface area (TPSA) is 89.1 Å². The number of amides is 1. The maximum Gasteiger partial charge on any atom is 0.274 e. The smallest absolute Gasteiger partial charge is 0.274 e. The normalized spacial score (nSPS) is 16.9. The largest absolute Gasteiger partial charge is 0.476 e. The number of benzene rings is 1. The third-order valence-electron chi connectivity index (χ3n) is 4.16. The van der Waals surface area contributed by atoms with Crippen molar-refractivity contribution < 1.29 is 14.3 Å². The van der Waals surface area contributed by atoms with E-state index in [1.54, 1.807) is 24.4 Å². The van der Waals surface area contributed by atoms with Crippen LogP contribution in [0.2, 0.25) is 0 Å². The van der Waals surface area contributed by atoms with Crippen molar-refractivity contribution in [3.05, 3.63) is 48.3 Å². The van der Waals surface area contributed by atoms with Crippen LogP contribution in [0, 0.1) is 5.92 Å². The predicted molar refractivity (Wildman–Crippen MR) is 92.7 cm³/mol. The average Bonchev–Trinajstić information content (AvgIpc) is 3.30. The van der Waals surface area contributed by atoms with Crippen LogP contribution in [0.15, 0.2) is 42.6 Å². The average molecular weight is 338 g/mol. The zero-order chi connectivity index (χ0) is 17.1. The standard InChI is InChI=1S/C18H18N4O3/c23-17(15-3-1-2-7-19-15)20-13-4-5-14-16(9-13)21-22-18(14)25-11-12-6-8-24-10-12/h1-5,7,9,12H,6,8,10-11H2,(H,20,23)(H,21,22)/t12-/m1/s1. The second-order valence-corrected chi connectivity index (χ2v) is 6.00. The molecule has 1 saturated heterocycles. The lowest BCUT2D eigenvalue weighted by Gasteiger charge is -2.08. The number of hydrogen-bond donors (Lipinski definition) is 2. The quantitative estimate of drug-likeness (QED) is 0.746. The van der Waals surface area contributed by atoms with E-state index in [1.165, 1.54) is 0 Å². The first-order valence-electron chi connectivity index (χ1n) is 8.20. The van der Waals surface area contributed by atoms with E-state index in [9.17, 15) is 4.79 Å². The number of ether oxygens (including phenoxy) is 2. The highest BCUT2D eigenvalue weighted by Crippen LogP contribution is 2.26. The van der Waals surface area contributed by atoms with Gasteiger partial charge in [0.25, 0.3) is 5.91 Å². The molecule has 1 fully saturated rings. The van der Waals surface area contributed by atoms with E-state index in [1.807, 2.05) is 18.2 Å². The molecule has 128 valence electrons. The number of rotatable bonds is 5. The van der Waals surface area contributed by atoms with Crippen LogP contribution in [-0.2, 0) is 4.74 Å². The van der Waals surface area contributed by atoms with Gasteiger partial charge in [-0.25, -0.2) is 0 Å². The molecule has 1 atom stereocenters. The van der Waals surface area contributed by atoms with Crippen molar-refractivity contribution in [3.8, 4) is 5.88 Å². The SMILES string of the molecule is O=C(Nc1ccc2c(OC[C@@H]3CCOC3)n[nH]c2c1)c1ccccn1. The van der Waals surface area contributed by atoms with Gasteiger partial charge in [-0.3, -0.25) is 14.9 Å². The summed E-state index contributed by atoms with van der Waals surface area (Å²) < 4.78 is 11.2. The van der Waals surface area contributed by atoms with E-state index in [0.29, 0.717) is 29.8 Å². The highest BCUT2D eigenvalue weighted by atomic mass is 16.5. The summed E-state index contributed by atoms with van der Waals surface area (Å²) in [7, 11) is 0. The molecule has 0 spiro atoms. The second-order valence-electron chi connectivity index (χ2n) is 6.00. The summed E-state index contributed by atoms with van der Waals surface area (Å²) in [6.45, 7) is 2.14. The number of nitrogens with one attached hydrogen (secondary N) is 2. The molecule has 0 radical (unpaired) electrons. The Hall–Kier alpha value is -2.93. The van der Waals surface area contributed by atoms with Crippen LogP contribution in [0.1, 0.15) is 16.9 Å². The minimum atomic E-state index is -0.253. The number of H-pyrrole nitrogens is 1. The van der Waals surface area contributed by atoms with E-state index in [4.69, 9.17) is 9.47 Å². The van der Waals surface area contributed by atoms with Gasteiger partial charge in [0.05, 0.1) is 24.1 Å². The molecule has 0 bridgehead atoms. The third-order valence-corrected chi connectivity index (χ3v) is 4.16. The molecule has 25 heavy (non-hydrogen) atoms. The lowest BCUT2D eigenvalue weighted by molar-refractivity contribution is 0.102. The maximum absolute atomic E-state index is 12.2. The first-order chi connectivity index (χ1) is 12.3. The summed E-state index contributed by atoms with van der Waals surface area (Å²) in [5.41, 5.74) is 1.84. The van der Waals surface area contributed by atoms with Crippen molar-refractivity contribution in [1.29, 1.82) is 0 Å². The van der Waals surface area contributed by atoms with Crippen LogP contribution in [0.5, 0.6) is 5.88 Å². The molecule has 7 heteroatoms. The molecule has 2 N–H and O–H groups in total. The summed E-state index contributed by atoms with van der Waals surface area (Å²) >= 11 is 0. The van der Waals surface area contributed by atoms with Crippen LogP contribution in [0.25, 0.3) is 10.9 Å². The highest BCUT2D eigenvalue weighted by molar-refractivity contribution is 6.03. The highest BCUT2D eigenvalue weighted by Gasteiger charge is 2.18. The van der Waals surface area contributed by atoms with Crippen molar-refractivity contribution >= 4 is 22.5 Å². The molecule has 0 aliphatic carbocycles. The Balaban J connectivity index is 1.46. The summed E-state index contributed by atoms with van der Waals surface area (Å²) in [5.74, 6) is 0.741. The van der Waals surface area contributed by atoms with Gasteiger partial charge in [0.15, 0.2) is 0 Å². The lowest BCUT2D eigenvalue weighted by atomic mass is 10.1. The second kappa shape index (κ2) is 6.90. The van der Waals surface area contributed by atoms with Crippen LogP contribution in [0.4, 0.5) is 5.69 Å². The maximum atomic E-state index is 12.2. The zero-order valence-corrected chi connectivity index (χ0v) is 13.6. The summed E-state index contributed by atoms with van der Waals surface area (Å²) in [6, 6.07) is 10.8. The molecule has 0 saturated carbocycles. The van der Waals surface area contributed by atoms with Gasteiger partial charge in [0, 0.05) is 24.4 Å². The Morgan fingerprint density at radius 1 is 1.36 bits per heavy atom. The Bertz CT molecular complexity index is 872. The molecular weight excluding hydrogens is 320 g/mol. The number of pyridine rings is 1. The fourth-order valence-electron chi connectivity index (χ4n) is 2.79. The number of hydrogen-bond acceptors (Lipinski definition) is 5. The van der Waals surface area contributed by atoms with Gasteiger partial charge >= 0.3 is 0 Å². The van der Waals surface area contributed by atoms with E-state index >= 15 is 0 Å². The molecule has 4 rings (SSSR count). The molecule has 2 aromatic heterocycles. The van der Waals surface area contributed by atoms with Crippen LogP contribution in [-0.4, -0.2) is 40.9 Å². The summed E-state index contributed by atoms with van der Waals surface area (Å²) in [6.07, 6.45) is 2.61. The number of fused-ring (bicyclic) bond motifs is 1. The minimum absolute atomic E-state index is 0.253. The first kappa shape index (κ1) is 15.6. The van der Waals surface area contributed by atoms with Gasteiger partial charge in [0.1, 0.15) is 5.69 Å². The van der Waals surface area contributed by atoms with Gasteiger partial charge < -0.3 is 14.8 Å². The fourth-order valence-corrected chi connectivity index (χ4v) is 2.79.